The van der Waals surface area contributed by atoms with Gasteiger partial charge in [-0.25, -0.2) is 4.98 Å². The summed E-state index contributed by atoms with van der Waals surface area (Å²) in [6, 6.07) is 14.0. The maximum Gasteiger partial charge on any atom is 0.224 e. The first-order valence-corrected chi connectivity index (χ1v) is 10.3. The van der Waals surface area contributed by atoms with Crippen LogP contribution in [-0.2, 0) is 17.6 Å². The molecule has 0 spiro atoms. The van der Waals surface area contributed by atoms with Crippen LogP contribution in [0.15, 0.2) is 58.5 Å². The van der Waals surface area contributed by atoms with Crippen LogP contribution in [0.1, 0.15) is 16.8 Å². The van der Waals surface area contributed by atoms with Crippen LogP contribution in [-0.4, -0.2) is 24.5 Å². The summed E-state index contributed by atoms with van der Waals surface area (Å²) in [6.45, 7) is 2.63. The van der Waals surface area contributed by atoms with Crippen molar-refractivity contribution in [3.05, 3.63) is 70.9 Å². The van der Waals surface area contributed by atoms with E-state index in [1.165, 1.54) is 5.56 Å². The second-order valence-corrected chi connectivity index (χ2v) is 7.77. The zero-order valence-electron chi connectivity index (χ0n) is 16.4. The molecule has 0 fully saturated rings. The van der Waals surface area contributed by atoms with Gasteiger partial charge in [0, 0.05) is 40.9 Å². The minimum atomic E-state index is -0.0301. The zero-order chi connectivity index (χ0) is 20.2. The van der Waals surface area contributed by atoms with Crippen molar-refractivity contribution in [2.75, 3.05) is 13.7 Å². The highest BCUT2D eigenvalue weighted by Crippen LogP contribution is 2.26. The van der Waals surface area contributed by atoms with Crippen LogP contribution in [0.3, 0.4) is 0 Å². The Bertz CT molecular complexity index is 1130. The van der Waals surface area contributed by atoms with E-state index in [0.717, 1.165) is 38.5 Å². The molecule has 0 saturated carbocycles. The fourth-order valence-corrected chi connectivity index (χ4v) is 4.00. The lowest BCUT2D eigenvalue weighted by Crippen LogP contribution is -2.27. The number of methoxy groups -OCH3 is 1. The van der Waals surface area contributed by atoms with Gasteiger partial charge in [0.1, 0.15) is 16.3 Å². The first kappa shape index (κ1) is 19.2. The number of carbonyl (C=O) groups excluding carboxylic acids is 1. The van der Waals surface area contributed by atoms with Gasteiger partial charge in [0.05, 0.1) is 25.5 Å². The third-order valence-corrected chi connectivity index (χ3v) is 5.71. The summed E-state index contributed by atoms with van der Waals surface area (Å²) in [5.41, 5.74) is 4.94. The maximum absolute atomic E-state index is 12.3. The van der Waals surface area contributed by atoms with E-state index in [4.69, 9.17) is 9.15 Å². The van der Waals surface area contributed by atoms with Gasteiger partial charge in [-0.15, -0.1) is 11.3 Å². The van der Waals surface area contributed by atoms with E-state index in [0.29, 0.717) is 13.0 Å². The number of aromatic nitrogens is 1. The first-order valence-electron chi connectivity index (χ1n) is 9.44. The lowest BCUT2D eigenvalue weighted by atomic mass is 10.1. The smallest absolute Gasteiger partial charge is 0.224 e. The molecule has 0 bridgehead atoms. The molecule has 148 valence electrons. The zero-order valence-corrected chi connectivity index (χ0v) is 17.2. The summed E-state index contributed by atoms with van der Waals surface area (Å²) in [5.74, 6) is 0.702. The molecule has 0 saturated heterocycles. The fraction of sp³-hybridized carbons (Fsp3) is 0.217. The lowest BCUT2D eigenvalue weighted by molar-refractivity contribution is -0.120. The lowest BCUT2D eigenvalue weighted by Gasteiger charge is -2.03. The maximum atomic E-state index is 12.3. The number of furan rings is 1. The summed E-state index contributed by atoms with van der Waals surface area (Å²) in [4.78, 5) is 17.0. The Labute approximate surface area is 173 Å². The molecule has 1 N–H and O–H groups in total. The SMILES string of the molecule is COc1ccc2c(CC(=O)NCCc3csc(-c4ccc(C)cc4)n3)coc2c1. The molecule has 2 heterocycles. The van der Waals surface area contributed by atoms with E-state index >= 15 is 0 Å². The van der Waals surface area contributed by atoms with Gasteiger partial charge in [-0.1, -0.05) is 29.8 Å². The number of carbonyl (C=O) groups is 1. The Morgan fingerprint density at radius 2 is 2.03 bits per heavy atom. The first-order chi connectivity index (χ1) is 14.1. The standard InChI is InChI=1S/C23H22N2O3S/c1-15-3-5-16(6-4-15)23-25-18(14-29-23)9-10-24-22(26)11-17-13-28-21-12-19(27-2)7-8-20(17)21/h3-8,12-14H,9-11H2,1-2H3,(H,24,26). The number of fused-ring (bicyclic) bond motifs is 1. The van der Waals surface area contributed by atoms with E-state index in [2.05, 4.69) is 46.9 Å². The Kier molecular flexibility index (Phi) is 5.62. The number of nitrogens with zero attached hydrogens (tertiary/aromatic N) is 1. The summed E-state index contributed by atoms with van der Waals surface area (Å²) >= 11 is 1.63. The predicted molar refractivity (Wildman–Crippen MR) is 115 cm³/mol. The highest BCUT2D eigenvalue weighted by molar-refractivity contribution is 7.13. The minimum absolute atomic E-state index is 0.0301. The second-order valence-electron chi connectivity index (χ2n) is 6.91. The van der Waals surface area contributed by atoms with Gasteiger partial charge in [0.25, 0.3) is 0 Å². The number of hydrogen-bond acceptors (Lipinski definition) is 5. The van der Waals surface area contributed by atoms with Gasteiger partial charge < -0.3 is 14.5 Å². The van der Waals surface area contributed by atoms with Crippen molar-refractivity contribution in [1.29, 1.82) is 0 Å². The molecule has 0 atom stereocenters. The van der Waals surface area contributed by atoms with Crippen LogP contribution in [0, 0.1) is 6.92 Å². The molecule has 0 radical (unpaired) electrons. The molecule has 0 unspecified atom stereocenters. The molecule has 4 aromatic rings. The fourth-order valence-electron chi connectivity index (χ4n) is 3.14. The van der Waals surface area contributed by atoms with Gasteiger partial charge in [-0.3, -0.25) is 4.79 Å². The number of rotatable bonds is 7. The minimum Gasteiger partial charge on any atom is -0.497 e. The average Bonchev–Trinajstić information content (AvgIpc) is 3.35. The summed E-state index contributed by atoms with van der Waals surface area (Å²) in [7, 11) is 1.62. The molecular weight excluding hydrogens is 384 g/mol. The number of aryl methyl sites for hydroxylation is 1. The topological polar surface area (TPSA) is 64.4 Å². The van der Waals surface area contributed by atoms with Crippen molar-refractivity contribution in [1.82, 2.24) is 10.3 Å². The Morgan fingerprint density at radius 3 is 2.83 bits per heavy atom. The Balaban J connectivity index is 1.31. The Morgan fingerprint density at radius 1 is 1.21 bits per heavy atom. The van der Waals surface area contributed by atoms with E-state index < -0.39 is 0 Å². The van der Waals surface area contributed by atoms with Crippen molar-refractivity contribution >= 4 is 28.2 Å². The van der Waals surface area contributed by atoms with Gasteiger partial charge >= 0.3 is 0 Å². The van der Waals surface area contributed by atoms with Crippen LogP contribution >= 0.6 is 11.3 Å². The number of nitrogens with one attached hydrogen (secondary N) is 1. The Hall–Kier alpha value is -3.12. The number of thiazole rings is 1. The third kappa shape index (κ3) is 4.49. The molecule has 6 heteroatoms. The highest BCUT2D eigenvalue weighted by atomic mass is 32.1. The molecule has 0 aliphatic carbocycles. The number of benzene rings is 2. The van der Waals surface area contributed by atoms with Crippen LogP contribution in [0.25, 0.3) is 21.5 Å². The highest BCUT2D eigenvalue weighted by Gasteiger charge is 2.11. The van der Waals surface area contributed by atoms with Gasteiger partial charge in [-0.2, -0.15) is 0 Å². The van der Waals surface area contributed by atoms with Crippen LogP contribution < -0.4 is 10.1 Å². The van der Waals surface area contributed by atoms with Crippen molar-refractivity contribution in [3.8, 4) is 16.3 Å². The van der Waals surface area contributed by atoms with Crippen molar-refractivity contribution in [3.63, 3.8) is 0 Å². The number of hydrogen-bond donors (Lipinski definition) is 1. The van der Waals surface area contributed by atoms with Crippen molar-refractivity contribution < 1.29 is 13.9 Å². The molecule has 2 aromatic heterocycles. The van der Waals surface area contributed by atoms with Gasteiger partial charge in [-0.05, 0) is 19.1 Å². The molecule has 0 aliphatic rings. The normalized spacial score (nSPS) is 11.0. The molecular formula is C23H22N2O3S. The van der Waals surface area contributed by atoms with Gasteiger partial charge in [0.15, 0.2) is 0 Å². The summed E-state index contributed by atoms with van der Waals surface area (Å²) in [5, 5.41) is 6.97. The molecule has 29 heavy (non-hydrogen) atoms. The largest absolute Gasteiger partial charge is 0.497 e. The average molecular weight is 407 g/mol. The molecule has 5 nitrogen and oxygen atoms in total. The number of ether oxygens (including phenoxy) is 1. The summed E-state index contributed by atoms with van der Waals surface area (Å²) in [6.07, 6.45) is 2.63. The predicted octanol–water partition coefficient (Wildman–Crippen LogP) is 4.77. The molecule has 4 rings (SSSR count). The third-order valence-electron chi connectivity index (χ3n) is 4.77. The van der Waals surface area contributed by atoms with Crippen LogP contribution in [0.2, 0.25) is 0 Å². The monoisotopic (exact) mass is 406 g/mol. The van der Waals surface area contributed by atoms with Crippen LogP contribution in [0.5, 0.6) is 5.75 Å². The summed E-state index contributed by atoms with van der Waals surface area (Å²) < 4.78 is 10.7. The van der Waals surface area contributed by atoms with Gasteiger partial charge in [0.2, 0.25) is 5.91 Å². The van der Waals surface area contributed by atoms with Crippen LogP contribution in [0.4, 0.5) is 0 Å². The number of amides is 1. The molecule has 2 aromatic carbocycles. The van der Waals surface area contributed by atoms with E-state index in [-0.39, 0.29) is 12.3 Å². The van der Waals surface area contributed by atoms with Crippen molar-refractivity contribution in [2.24, 2.45) is 0 Å². The van der Waals surface area contributed by atoms with E-state index in [1.807, 2.05) is 18.2 Å². The van der Waals surface area contributed by atoms with E-state index in [1.54, 1.807) is 24.7 Å². The molecule has 1 amide bonds. The van der Waals surface area contributed by atoms with E-state index in [9.17, 15) is 4.79 Å². The van der Waals surface area contributed by atoms with Crippen molar-refractivity contribution in [2.45, 2.75) is 19.8 Å². The second kappa shape index (κ2) is 8.49. The molecule has 0 aliphatic heterocycles. The quantitative estimate of drug-likeness (QED) is 0.480.